The minimum atomic E-state index is -1.26. The summed E-state index contributed by atoms with van der Waals surface area (Å²) >= 11 is 38.9. The number of methoxy groups -OCH3 is 1. The van der Waals surface area contributed by atoms with Crippen LogP contribution in [-0.2, 0) is 48.4 Å². The monoisotopic (exact) mass is 1690 g/mol. The zero-order chi connectivity index (χ0) is 79.5. The fraction of sp³-hybridized carbons (Fsp3) is 0.419. The molecule has 2 N–H and O–H groups in total. The van der Waals surface area contributed by atoms with Crippen molar-refractivity contribution in [2.45, 2.75) is 184 Å². The minimum absolute atomic E-state index is 0. The zero-order valence-electron chi connectivity index (χ0n) is 61.8. The molecule has 115 heavy (non-hydrogen) atoms. The van der Waals surface area contributed by atoms with Crippen molar-refractivity contribution in [2.75, 3.05) is 41.4 Å². The number of aliphatic carboxylic acids is 1. The van der Waals surface area contributed by atoms with Crippen molar-refractivity contribution in [3.63, 3.8) is 0 Å². The van der Waals surface area contributed by atoms with Crippen LogP contribution in [0, 0.1) is 35.2 Å². The molecule has 0 unspecified atom stereocenters. The zero-order valence-corrected chi connectivity index (χ0v) is 66.3. The fourth-order valence-corrected chi connectivity index (χ4v) is 19.2. The number of aromatic nitrogens is 3. The van der Waals surface area contributed by atoms with Crippen molar-refractivity contribution < 1.29 is 79.9 Å². The fourth-order valence-electron chi connectivity index (χ4n) is 17.5. The average molecular weight is 1690 g/mol. The first-order valence-corrected chi connectivity index (χ1v) is 40.7. The molecule has 0 radical (unpaired) electrons. The summed E-state index contributed by atoms with van der Waals surface area (Å²) in [6.07, 6.45) is 11.1. The van der Waals surface area contributed by atoms with Gasteiger partial charge in [0.15, 0.2) is 11.6 Å². The van der Waals surface area contributed by atoms with E-state index in [0.717, 1.165) is 142 Å². The molecule has 18 rings (SSSR count). The van der Waals surface area contributed by atoms with E-state index in [4.69, 9.17) is 108 Å². The van der Waals surface area contributed by atoms with Gasteiger partial charge in [0, 0.05) is 137 Å². The Kier molecular flexibility index (Phi) is 24.6. The number of halogens is 9. The van der Waals surface area contributed by atoms with Gasteiger partial charge < -0.3 is 57.4 Å². The number of hydrogen-bond acceptors (Lipinski definition) is 18. The summed E-state index contributed by atoms with van der Waals surface area (Å²) in [5, 5.41) is 34.0. The standard InChI is InChI=1S/C30H29Cl2FN2O5.C29H27Cl2FN2O5.C26H23Cl2FN2O4.CH4/c1-38-27(37)10-9-25(36)20-8-7-18(12-24(20)33)35-14-17-11-19(35)13-26(17)39-15-21-29(34-40-30(21)16-5-6-16)28-22(31)3-2-4-23(28)32;30-21-2-1-3-22(31)27(21)28-20(29(39-33-28)15-4-5-15)14-38-25-12-18-10-16(25)13-34(18)17-6-7-19(23(32)11-17)24(35)8-9-26(36)37;27-19-2-1-3-20(28)23(19)24-18(25(35-30-24)13-4-5-13)12-34-22-10-16-8-14(22)11-31(16)15-6-7-17(26(32)33)21(29)9-15;/h2-4,7-8,12,16-17,19,26H,5-6,9-11,13-15H2,1H3;1-3,6-7,11,15-16,18,25H,4-5,8-10,12-14H2,(H,36,37);1-3,6-7,9,13-14,16,22H,4-5,8,10-12H2,(H,32,33);1H4/t17-,19-,26+;16-,18-,25+;14-,16-,22+;/m000./s1. The number of carbonyl (C=O) groups excluding carboxylic acids is 3. The number of piperidine rings is 3. The van der Waals surface area contributed by atoms with Crippen molar-refractivity contribution >= 4 is 116 Å². The van der Waals surface area contributed by atoms with E-state index in [1.807, 2.05) is 0 Å². The van der Waals surface area contributed by atoms with Gasteiger partial charge in [-0.1, -0.05) is 111 Å². The second-order valence-corrected chi connectivity index (χ2v) is 33.5. The van der Waals surface area contributed by atoms with E-state index in [-0.39, 0.29) is 92.2 Å². The molecular weight excluding hydrogens is 1610 g/mol. The summed E-state index contributed by atoms with van der Waals surface area (Å²) in [4.78, 5) is 64.3. The molecule has 9 atom stereocenters. The van der Waals surface area contributed by atoms with Crippen LogP contribution in [0.4, 0.5) is 30.2 Å². The maximum absolute atomic E-state index is 14.9. The lowest BCUT2D eigenvalue weighted by atomic mass is 10.0. The Balaban J connectivity index is 0.000000135. The van der Waals surface area contributed by atoms with Gasteiger partial charge in [0.05, 0.1) is 105 Å². The van der Waals surface area contributed by atoms with Gasteiger partial charge in [-0.3, -0.25) is 19.2 Å². The smallest absolute Gasteiger partial charge is 0.338 e. The molecule has 9 aromatic rings. The summed E-state index contributed by atoms with van der Waals surface area (Å²) in [7, 11) is 1.26. The molecule has 6 aromatic carbocycles. The molecule has 20 nitrogen and oxygen atoms in total. The number of nitrogens with zero attached hydrogens (tertiary/aromatic N) is 6. The Morgan fingerprint density at radius 1 is 0.435 bits per heavy atom. The van der Waals surface area contributed by atoms with E-state index >= 15 is 0 Å². The number of benzene rings is 6. The number of esters is 1. The number of ether oxygens (including phenoxy) is 4. The Morgan fingerprint density at radius 3 is 1.00 bits per heavy atom. The first-order chi connectivity index (χ1) is 55.0. The van der Waals surface area contributed by atoms with Gasteiger partial charge in [-0.05, 0) is 168 Å². The number of carboxylic acid groups (broad SMARTS) is 2. The summed E-state index contributed by atoms with van der Waals surface area (Å²) in [6, 6.07) is 30.4. The van der Waals surface area contributed by atoms with E-state index in [2.05, 4.69) is 34.9 Å². The van der Waals surface area contributed by atoms with Gasteiger partial charge in [-0.15, -0.1) is 0 Å². The number of fused-ring (bicyclic) bond motifs is 6. The highest BCUT2D eigenvalue weighted by molar-refractivity contribution is 6.40. The van der Waals surface area contributed by atoms with Gasteiger partial charge in [-0.2, -0.15) is 0 Å². The lowest BCUT2D eigenvalue weighted by molar-refractivity contribution is -0.140. The maximum atomic E-state index is 14.9. The molecule has 3 aromatic heterocycles. The summed E-state index contributed by atoms with van der Waals surface area (Å²) in [5.74, 6) is -1.17. The van der Waals surface area contributed by atoms with Crippen LogP contribution < -0.4 is 14.7 Å². The Hall–Kier alpha value is -8.49. The van der Waals surface area contributed by atoms with E-state index in [1.165, 1.54) is 43.5 Å². The van der Waals surface area contributed by atoms with Gasteiger partial charge >= 0.3 is 17.9 Å². The summed E-state index contributed by atoms with van der Waals surface area (Å²) < 4.78 is 85.1. The highest BCUT2D eigenvalue weighted by Crippen LogP contribution is 2.53. The molecule has 29 heteroatoms. The highest BCUT2D eigenvalue weighted by atomic mass is 35.5. The van der Waals surface area contributed by atoms with E-state index in [9.17, 15) is 37.1 Å². The number of Topliss-reactive ketones (excluding diaryl/α,β-unsaturated/α-hetero) is 2. The molecular formula is C86H83Cl6F3N6O14. The lowest BCUT2D eigenvalue weighted by Crippen LogP contribution is -2.38. The number of aromatic carboxylic acids is 1. The number of rotatable bonds is 27. The lowest BCUT2D eigenvalue weighted by Gasteiger charge is -2.33. The number of ketones is 2. The molecule has 6 heterocycles. The molecule has 6 bridgehead atoms. The third-order valence-electron chi connectivity index (χ3n) is 23.7. The predicted molar refractivity (Wildman–Crippen MR) is 429 cm³/mol. The first-order valence-electron chi connectivity index (χ1n) is 38.4. The van der Waals surface area contributed by atoms with E-state index in [1.54, 1.807) is 72.8 Å². The molecule has 9 fully saturated rings. The van der Waals surface area contributed by atoms with Crippen molar-refractivity contribution in [2.24, 2.45) is 17.8 Å². The van der Waals surface area contributed by atoms with Crippen LogP contribution in [0.25, 0.3) is 33.8 Å². The second-order valence-electron chi connectivity index (χ2n) is 31.0. The van der Waals surface area contributed by atoms with Gasteiger partial charge in [0.2, 0.25) is 0 Å². The van der Waals surface area contributed by atoms with Crippen molar-refractivity contribution in [1.29, 1.82) is 0 Å². The van der Waals surface area contributed by atoms with Crippen molar-refractivity contribution in [1.82, 2.24) is 15.5 Å². The van der Waals surface area contributed by atoms with Crippen LogP contribution in [0.3, 0.4) is 0 Å². The van der Waals surface area contributed by atoms with Gasteiger partial charge in [0.1, 0.15) is 51.8 Å². The Morgan fingerprint density at radius 2 is 0.739 bits per heavy atom. The van der Waals surface area contributed by atoms with Crippen LogP contribution >= 0.6 is 69.6 Å². The Bertz CT molecular complexity index is 5140. The van der Waals surface area contributed by atoms with Crippen LogP contribution in [0.5, 0.6) is 0 Å². The summed E-state index contributed by atoms with van der Waals surface area (Å²) in [6.45, 7) is 3.28. The normalized spacial score (nSPS) is 22.1. The molecule has 0 spiro atoms. The van der Waals surface area contributed by atoms with Crippen molar-refractivity contribution in [3.8, 4) is 33.8 Å². The highest BCUT2D eigenvalue weighted by Gasteiger charge is 2.50. The van der Waals surface area contributed by atoms with Gasteiger partial charge in [0.25, 0.3) is 0 Å². The molecule has 6 saturated carbocycles. The third kappa shape index (κ3) is 17.3. The number of carbonyl (C=O) groups is 5. The van der Waals surface area contributed by atoms with E-state index < -0.39 is 46.9 Å². The third-order valence-corrected chi connectivity index (χ3v) is 25.6. The van der Waals surface area contributed by atoms with Crippen LogP contribution in [0.2, 0.25) is 30.1 Å². The Labute approximate surface area is 691 Å². The number of anilines is 3. The molecule has 6 aliphatic carbocycles. The number of hydrogen-bond donors (Lipinski definition) is 2. The maximum Gasteiger partial charge on any atom is 0.338 e. The average Bonchev–Trinajstić information content (AvgIpc) is 1.64. The minimum Gasteiger partial charge on any atom is -0.481 e. The molecule has 3 saturated heterocycles. The quantitative estimate of drug-likeness (QED) is 0.0358. The molecule has 9 aliphatic rings. The molecule has 604 valence electrons. The summed E-state index contributed by atoms with van der Waals surface area (Å²) in [5.41, 5.74) is 8.40. The largest absolute Gasteiger partial charge is 0.481 e. The first kappa shape index (κ1) is 81.6. The van der Waals surface area contributed by atoms with Crippen molar-refractivity contribution in [3.05, 3.63) is 207 Å². The van der Waals surface area contributed by atoms with Crippen LogP contribution in [0.1, 0.15) is 193 Å². The second kappa shape index (κ2) is 34.6. The van der Waals surface area contributed by atoms with Crippen LogP contribution in [0.15, 0.2) is 123 Å². The van der Waals surface area contributed by atoms with E-state index in [0.29, 0.717) is 119 Å². The number of carboxylic acids is 2. The predicted octanol–water partition coefficient (Wildman–Crippen LogP) is 21.1. The molecule has 0 amide bonds. The van der Waals surface area contributed by atoms with Crippen LogP contribution in [-0.4, -0.2) is 118 Å². The van der Waals surface area contributed by atoms with Gasteiger partial charge in [-0.25, -0.2) is 18.0 Å². The molecule has 3 aliphatic heterocycles. The SMILES string of the molecule is C.COC(=O)CCC(=O)c1ccc(N2C[C@@H]3C[C@H]2C[C@H]3OCc2c(-c3c(Cl)cccc3Cl)noc2C2CC2)cc1F.O=C(O)CCC(=O)c1ccc(N2C[C@@H]3C[C@H]2C[C@H]3OCc2c(-c3c(Cl)cccc3Cl)noc2C2CC2)cc1F.O=C(O)c1ccc(N2C[C@@H]3C[C@H]2C[C@H]3OCc2c(-c3c(Cl)cccc3Cl)noc2C2CC2)cc1F. The topological polar surface area (TPSA) is 251 Å².